The molecule has 0 bridgehead atoms. The Morgan fingerprint density at radius 2 is 1.35 bits per heavy atom. The van der Waals surface area contributed by atoms with Crippen molar-refractivity contribution in [3.8, 4) is 0 Å². The van der Waals surface area contributed by atoms with Crippen molar-refractivity contribution in [2.45, 2.75) is 38.2 Å². The van der Waals surface area contributed by atoms with Crippen molar-refractivity contribution in [2.24, 2.45) is 0 Å². The van der Waals surface area contributed by atoms with Crippen LogP contribution in [-0.2, 0) is 43.2 Å². The molecule has 0 aliphatic carbocycles. The summed E-state index contributed by atoms with van der Waals surface area (Å²) in [6.45, 7) is -0.833. The third kappa shape index (κ3) is 4.61. The number of ether oxygens (including phenoxy) is 1. The third-order valence-electron chi connectivity index (χ3n) is 3.41. The predicted molar refractivity (Wildman–Crippen MR) is 75.8 cm³/mol. The van der Waals surface area contributed by atoms with Crippen LogP contribution in [-0.4, -0.2) is 70.1 Å². The first-order valence-electron chi connectivity index (χ1n) is 7.70. The summed E-state index contributed by atoms with van der Waals surface area (Å²) in [7, 11) is 0. The highest BCUT2D eigenvalue weighted by Gasteiger charge is 2.38. The van der Waals surface area contributed by atoms with E-state index in [1.807, 2.05) is 0 Å². The molecule has 0 radical (unpaired) electrons. The van der Waals surface area contributed by atoms with Gasteiger partial charge in [-0.25, -0.2) is 9.59 Å². The lowest BCUT2D eigenvalue weighted by atomic mass is 10.2. The van der Waals surface area contributed by atoms with Gasteiger partial charge in [-0.2, -0.15) is 0 Å². The largest absolute Gasteiger partial charge is 0.394 e. The molecule has 26 heavy (non-hydrogen) atoms. The molecule has 2 fully saturated rings. The molecule has 2 aliphatic heterocycles. The van der Waals surface area contributed by atoms with Crippen LogP contribution in [0.25, 0.3) is 0 Å². The molecule has 2 heterocycles. The summed E-state index contributed by atoms with van der Waals surface area (Å²) >= 11 is 0. The molecule has 2 rings (SSSR count). The molecule has 0 aromatic heterocycles. The van der Waals surface area contributed by atoms with E-state index in [4.69, 9.17) is 9.84 Å². The summed E-state index contributed by atoms with van der Waals surface area (Å²) in [5, 5.41) is 9.36. The first-order chi connectivity index (χ1) is 12.3. The van der Waals surface area contributed by atoms with Crippen LogP contribution in [0, 0.1) is 0 Å². The maximum Gasteiger partial charge on any atom is 0.362 e. The molecule has 12 heteroatoms. The summed E-state index contributed by atoms with van der Waals surface area (Å²) in [6, 6.07) is 0. The lowest BCUT2D eigenvalue weighted by Gasteiger charge is -2.19. The van der Waals surface area contributed by atoms with Crippen molar-refractivity contribution in [1.82, 2.24) is 10.1 Å². The second-order valence-corrected chi connectivity index (χ2v) is 5.32. The number of hydroxylamine groups is 4. The van der Waals surface area contributed by atoms with Crippen LogP contribution in [0.2, 0.25) is 0 Å². The molecular weight excluding hydrogens is 356 g/mol. The molecule has 1 unspecified atom stereocenters. The molecule has 12 nitrogen and oxygen atoms in total. The van der Waals surface area contributed by atoms with Gasteiger partial charge in [0.05, 0.1) is 19.6 Å². The standard InChI is InChI=1S/C14H16N2O10/c17-5-6-24-8(14(23)26-16-11(20)3-4-12(16)21)7-13(22)25-15-9(18)1-2-10(15)19/h8,17H,1-7H2. The second kappa shape index (κ2) is 8.49. The van der Waals surface area contributed by atoms with Crippen LogP contribution in [0.1, 0.15) is 32.1 Å². The number of aliphatic hydroxyl groups is 1. The summed E-state index contributed by atoms with van der Waals surface area (Å²) in [6.07, 6.45) is -2.82. The maximum absolute atomic E-state index is 12.1. The van der Waals surface area contributed by atoms with E-state index < -0.39 is 54.7 Å². The number of hydrogen-bond donors (Lipinski definition) is 1. The monoisotopic (exact) mass is 372 g/mol. The molecule has 0 aromatic rings. The highest BCUT2D eigenvalue weighted by molar-refractivity contribution is 6.02. The first kappa shape index (κ1) is 19.5. The minimum Gasteiger partial charge on any atom is -0.394 e. The Hall–Kier alpha value is -2.86. The van der Waals surface area contributed by atoms with Crippen molar-refractivity contribution in [1.29, 1.82) is 0 Å². The van der Waals surface area contributed by atoms with Crippen molar-refractivity contribution in [3.63, 3.8) is 0 Å². The number of carbonyl (C=O) groups is 6. The fourth-order valence-corrected chi connectivity index (χ4v) is 2.16. The van der Waals surface area contributed by atoms with Crippen molar-refractivity contribution >= 4 is 35.6 Å². The van der Waals surface area contributed by atoms with Gasteiger partial charge in [0.2, 0.25) is 0 Å². The highest BCUT2D eigenvalue weighted by atomic mass is 16.7. The Balaban J connectivity index is 1.97. The average Bonchev–Trinajstić information content (AvgIpc) is 3.08. The van der Waals surface area contributed by atoms with Crippen molar-refractivity contribution < 1.29 is 48.3 Å². The molecule has 0 aromatic carbocycles. The Labute approximate surface area is 146 Å². The van der Waals surface area contributed by atoms with Crippen LogP contribution in [0.4, 0.5) is 0 Å². The van der Waals surface area contributed by atoms with E-state index in [-0.39, 0.29) is 37.4 Å². The molecular formula is C14H16N2O10. The quantitative estimate of drug-likeness (QED) is 0.471. The van der Waals surface area contributed by atoms with Crippen LogP contribution in [0.3, 0.4) is 0 Å². The molecule has 0 saturated carbocycles. The van der Waals surface area contributed by atoms with E-state index >= 15 is 0 Å². The van der Waals surface area contributed by atoms with Gasteiger partial charge >= 0.3 is 11.9 Å². The summed E-state index contributed by atoms with van der Waals surface area (Å²) in [5.41, 5.74) is 0. The summed E-state index contributed by atoms with van der Waals surface area (Å²) in [5.74, 6) is -5.23. The van der Waals surface area contributed by atoms with Gasteiger partial charge in [-0.15, -0.1) is 10.1 Å². The summed E-state index contributed by atoms with van der Waals surface area (Å²) in [4.78, 5) is 78.9. The number of imide groups is 2. The van der Waals surface area contributed by atoms with Crippen LogP contribution >= 0.6 is 0 Å². The van der Waals surface area contributed by atoms with Gasteiger partial charge in [-0.1, -0.05) is 0 Å². The minimum atomic E-state index is -1.62. The zero-order chi connectivity index (χ0) is 19.3. The normalized spacial score (nSPS) is 18.5. The van der Waals surface area contributed by atoms with Crippen LogP contribution < -0.4 is 0 Å². The molecule has 1 N–H and O–H groups in total. The van der Waals surface area contributed by atoms with Gasteiger partial charge < -0.3 is 19.5 Å². The van der Waals surface area contributed by atoms with Gasteiger partial charge in [0.1, 0.15) is 0 Å². The second-order valence-electron chi connectivity index (χ2n) is 5.32. The predicted octanol–water partition coefficient (Wildman–Crippen LogP) is -2.03. The fourth-order valence-electron chi connectivity index (χ4n) is 2.16. The Morgan fingerprint density at radius 3 is 1.81 bits per heavy atom. The van der Waals surface area contributed by atoms with Crippen molar-refractivity contribution in [2.75, 3.05) is 13.2 Å². The van der Waals surface area contributed by atoms with E-state index in [0.29, 0.717) is 5.06 Å². The Morgan fingerprint density at radius 1 is 0.885 bits per heavy atom. The molecule has 2 saturated heterocycles. The third-order valence-corrected chi connectivity index (χ3v) is 3.41. The number of carbonyl (C=O) groups excluding carboxylic acids is 6. The van der Waals surface area contributed by atoms with Gasteiger partial charge in [0.15, 0.2) is 6.10 Å². The molecule has 142 valence electrons. The SMILES string of the molecule is O=C(CC(OCCO)C(=O)ON1C(=O)CCC1=O)ON1C(=O)CCC1=O. The number of hydrogen-bond acceptors (Lipinski definition) is 10. The van der Waals surface area contributed by atoms with E-state index in [0.717, 1.165) is 0 Å². The van der Waals surface area contributed by atoms with E-state index in [2.05, 4.69) is 9.68 Å². The average molecular weight is 372 g/mol. The molecule has 4 amide bonds. The lowest BCUT2D eigenvalue weighted by molar-refractivity contribution is -0.210. The maximum atomic E-state index is 12.1. The van der Waals surface area contributed by atoms with Crippen LogP contribution in [0.5, 0.6) is 0 Å². The Bertz CT molecular complexity index is 614. The van der Waals surface area contributed by atoms with Gasteiger partial charge in [-0.3, -0.25) is 19.2 Å². The Kier molecular flexibility index (Phi) is 6.36. The topological polar surface area (TPSA) is 157 Å². The van der Waals surface area contributed by atoms with Crippen molar-refractivity contribution in [3.05, 3.63) is 0 Å². The van der Waals surface area contributed by atoms with Gasteiger partial charge in [-0.05, 0) is 0 Å². The number of rotatable bonds is 8. The smallest absolute Gasteiger partial charge is 0.362 e. The lowest BCUT2D eigenvalue weighted by Crippen LogP contribution is -2.40. The van der Waals surface area contributed by atoms with E-state index in [9.17, 15) is 28.8 Å². The zero-order valence-electron chi connectivity index (χ0n) is 13.5. The van der Waals surface area contributed by atoms with E-state index in [1.54, 1.807) is 0 Å². The number of amides is 4. The number of aliphatic hydroxyl groups excluding tert-OH is 1. The van der Waals surface area contributed by atoms with Gasteiger partial charge in [0.25, 0.3) is 23.6 Å². The fraction of sp³-hybridized carbons (Fsp3) is 0.571. The first-order valence-corrected chi connectivity index (χ1v) is 7.70. The number of nitrogens with zero attached hydrogens (tertiary/aromatic N) is 2. The van der Waals surface area contributed by atoms with Crippen LogP contribution in [0.15, 0.2) is 0 Å². The minimum absolute atomic E-state index is 0.0994. The zero-order valence-corrected chi connectivity index (χ0v) is 13.5. The highest BCUT2D eigenvalue weighted by Crippen LogP contribution is 2.16. The molecule has 1 atom stereocenters. The van der Waals surface area contributed by atoms with E-state index in [1.165, 1.54) is 0 Å². The molecule has 0 spiro atoms. The molecule has 2 aliphatic rings. The summed E-state index contributed by atoms with van der Waals surface area (Å²) < 4.78 is 4.96. The van der Waals surface area contributed by atoms with Gasteiger partial charge in [0, 0.05) is 25.7 Å².